The molecule has 152 valence electrons. The molecule has 3 aromatic rings. The van der Waals surface area contributed by atoms with Gasteiger partial charge in [0.25, 0.3) is 0 Å². The second-order valence-electron chi connectivity index (χ2n) is 5.70. The van der Waals surface area contributed by atoms with Crippen LogP contribution >= 0.6 is 22.6 Å². The normalized spacial score (nSPS) is 12.0. The molecule has 1 heterocycles. The Labute approximate surface area is 174 Å². The van der Waals surface area contributed by atoms with Gasteiger partial charge in [-0.3, -0.25) is 4.98 Å². The lowest BCUT2D eigenvalue weighted by molar-refractivity contribution is -0.275. The van der Waals surface area contributed by atoms with Crippen LogP contribution in [0.15, 0.2) is 60.8 Å². The van der Waals surface area contributed by atoms with E-state index in [2.05, 4.69) is 14.5 Å². The van der Waals surface area contributed by atoms with E-state index in [0.717, 1.165) is 18.2 Å². The van der Waals surface area contributed by atoms with Gasteiger partial charge in [-0.2, -0.15) is 0 Å². The minimum Gasteiger partial charge on any atom is -0.406 e. The van der Waals surface area contributed by atoms with Crippen molar-refractivity contribution in [3.05, 3.63) is 64.4 Å². The van der Waals surface area contributed by atoms with E-state index >= 15 is 0 Å². The Morgan fingerprint density at radius 3 is 1.79 bits per heavy atom. The molecule has 10 heteroatoms. The molecule has 0 aliphatic carbocycles. The fraction of sp³-hybridized carbons (Fsp3) is 0.105. The van der Waals surface area contributed by atoms with Gasteiger partial charge in [0, 0.05) is 20.9 Å². The third kappa shape index (κ3) is 5.99. The molecular formula is C19H10F6INO2. The zero-order valence-corrected chi connectivity index (χ0v) is 16.3. The van der Waals surface area contributed by atoms with Gasteiger partial charge in [0.1, 0.15) is 11.5 Å². The van der Waals surface area contributed by atoms with Crippen LogP contribution in [-0.2, 0) is 0 Å². The second kappa shape index (κ2) is 8.09. The first kappa shape index (κ1) is 21.2. The highest BCUT2D eigenvalue weighted by molar-refractivity contribution is 14.1. The third-order valence-electron chi connectivity index (χ3n) is 3.57. The number of halogens is 7. The summed E-state index contributed by atoms with van der Waals surface area (Å²) in [6.45, 7) is 0. The summed E-state index contributed by atoms with van der Waals surface area (Å²) in [6, 6.07) is 12.1. The van der Waals surface area contributed by atoms with Gasteiger partial charge < -0.3 is 9.47 Å². The number of pyridine rings is 1. The van der Waals surface area contributed by atoms with Crippen LogP contribution in [-0.4, -0.2) is 17.7 Å². The molecule has 0 saturated heterocycles. The summed E-state index contributed by atoms with van der Waals surface area (Å²) in [5.41, 5.74) is 1.37. The van der Waals surface area contributed by atoms with Crippen LogP contribution in [0.3, 0.4) is 0 Å². The van der Waals surface area contributed by atoms with Crippen LogP contribution in [0.2, 0.25) is 0 Å². The first-order valence-corrected chi connectivity index (χ1v) is 8.96. The fourth-order valence-corrected chi connectivity index (χ4v) is 3.04. The molecule has 3 rings (SSSR count). The Bertz CT molecular complexity index is 1020. The van der Waals surface area contributed by atoms with Gasteiger partial charge in [-0.15, -0.1) is 26.3 Å². The van der Waals surface area contributed by atoms with Crippen LogP contribution in [0, 0.1) is 3.57 Å². The lowest BCUT2D eigenvalue weighted by atomic mass is 9.99. The molecule has 0 amide bonds. The van der Waals surface area contributed by atoms with Crippen molar-refractivity contribution in [1.82, 2.24) is 4.98 Å². The van der Waals surface area contributed by atoms with Gasteiger partial charge in [-0.1, -0.05) is 24.3 Å². The standard InChI is InChI=1S/C19H10F6INO2/c20-18(21,22)28-14-5-1-3-11(7-14)16-9-13(26)10-27-17(16)12-4-2-6-15(8-12)29-19(23,24)25/h1-10H. The molecule has 0 fully saturated rings. The minimum absolute atomic E-state index is 0.280. The predicted octanol–water partition coefficient (Wildman–Crippen LogP) is 6.82. The van der Waals surface area contributed by atoms with Crippen molar-refractivity contribution in [2.24, 2.45) is 0 Å². The summed E-state index contributed by atoms with van der Waals surface area (Å²) in [7, 11) is 0. The van der Waals surface area contributed by atoms with Gasteiger partial charge in [0.15, 0.2) is 0 Å². The third-order valence-corrected chi connectivity index (χ3v) is 4.16. The van der Waals surface area contributed by atoms with Crippen molar-refractivity contribution < 1.29 is 35.8 Å². The maximum Gasteiger partial charge on any atom is 0.573 e. The number of nitrogens with zero attached hydrogens (tertiary/aromatic N) is 1. The van der Waals surface area contributed by atoms with Gasteiger partial charge >= 0.3 is 12.7 Å². The highest BCUT2D eigenvalue weighted by Crippen LogP contribution is 2.36. The Balaban J connectivity index is 2.06. The molecule has 0 saturated carbocycles. The minimum atomic E-state index is -4.86. The van der Waals surface area contributed by atoms with Crippen LogP contribution in [0.1, 0.15) is 0 Å². The van der Waals surface area contributed by atoms with E-state index in [9.17, 15) is 26.3 Å². The summed E-state index contributed by atoms with van der Waals surface area (Å²) < 4.78 is 83.7. The highest BCUT2D eigenvalue weighted by atomic mass is 127. The number of aromatic nitrogens is 1. The maximum absolute atomic E-state index is 12.5. The van der Waals surface area contributed by atoms with Crippen molar-refractivity contribution in [1.29, 1.82) is 0 Å². The average molecular weight is 525 g/mol. The molecule has 29 heavy (non-hydrogen) atoms. The number of alkyl halides is 6. The Morgan fingerprint density at radius 2 is 1.24 bits per heavy atom. The summed E-state index contributed by atoms with van der Waals surface area (Å²) in [6.07, 6.45) is -8.22. The van der Waals surface area contributed by atoms with Crippen molar-refractivity contribution in [2.75, 3.05) is 0 Å². The topological polar surface area (TPSA) is 31.4 Å². The molecule has 0 unspecified atom stereocenters. The quantitative estimate of drug-likeness (QED) is 0.277. The lowest BCUT2D eigenvalue weighted by Crippen LogP contribution is -2.17. The van der Waals surface area contributed by atoms with E-state index in [-0.39, 0.29) is 5.69 Å². The van der Waals surface area contributed by atoms with Crippen LogP contribution in [0.25, 0.3) is 22.4 Å². The fourth-order valence-electron chi connectivity index (χ4n) is 2.59. The Morgan fingerprint density at radius 1 is 0.724 bits per heavy atom. The maximum atomic E-state index is 12.5. The molecule has 0 radical (unpaired) electrons. The molecule has 0 aliphatic heterocycles. The van der Waals surface area contributed by atoms with E-state index in [4.69, 9.17) is 0 Å². The largest absolute Gasteiger partial charge is 0.573 e. The SMILES string of the molecule is FC(F)(F)Oc1cccc(-c2cc(I)cnc2-c2cccc(OC(F)(F)F)c2)c1. The molecule has 0 atom stereocenters. The van der Waals surface area contributed by atoms with Crippen molar-refractivity contribution in [2.45, 2.75) is 12.7 Å². The van der Waals surface area contributed by atoms with Crippen molar-refractivity contribution >= 4 is 22.6 Å². The summed E-state index contributed by atoms with van der Waals surface area (Å²) in [4.78, 5) is 4.26. The predicted molar refractivity (Wildman–Crippen MR) is 101 cm³/mol. The zero-order chi connectivity index (χ0) is 21.2. The van der Waals surface area contributed by atoms with Gasteiger partial charge in [-0.25, -0.2) is 0 Å². The Kier molecular flexibility index (Phi) is 5.92. The first-order chi connectivity index (χ1) is 13.5. The summed E-state index contributed by atoms with van der Waals surface area (Å²) in [5, 5.41) is 0. The molecule has 0 spiro atoms. The summed E-state index contributed by atoms with van der Waals surface area (Å²) >= 11 is 1.98. The number of hydrogen-bond donors (Lipinski definition) is 0. The summed E-state index contributed by atoms with van der Waals surface area (Å²) in [5.74, 6) is -0.857. The van der Waals surface area contributed by atoms with Crippen molar-refractivity contribution in [3.63, 3.8) is 0 Å². The van der Waals surface area contributed by atoms with E-state index in [1.165, 1.54) is 30.5 Å². The van der Waals surface area contributed by atoms with Crippen LogP contribution in [0.4, 0.5) is 26.3 Å². The van der Waals surface area contributed by atoms with Crippen LogP contribution < -0.4 is 9.47 Å². The van der Waals surface area contributed by atoms with Crippen LogP contribution in [0.5, 0.6) is 11.5 Å². The zero-order valence-electron chi connectivity index (χ0n) is 14.2. The van der Waals surface area contributed by atoms with E-state index in [1.54, 1.807) is 12.1 Å². The smallest absolute Gasteiger partial charge is 0.406 e. The molecule has 1 aromatic heterocycles. The van der Waals surface area contributed by atoms with Gasteiger partial charge in [0.05, 0.1) is 5.69 Å². The molecule has 0 bridgehead atoms. The first-order valence-electron chi connectivity index (χ1n) is 7.88. The average Bonchev–Trinajstić information content (AvgIpc) is 2.59. The Hall–Kier alpha value is -2.50. The number of benzene rings is 2. The number of ether oxygens (including phenoxy) is 2. The lowest BCUT2D eigenvalue weighted by Gasteiger charge is -2.14. The molecule has 0 N–H and O–H groups in total. The van der Waals surface area contributed by atoms with Gasteiger partial charge in [0.2, 0.25) is 0 Å². The number of hydrogen-bond acceptors (Lipinski definition) is 3. The number of rotatable bonds is 4. The monoisotopic (exact) mass is 525 g/mol. The van der Waals surface area contributed by atoms with E-state index in [0.29, 0.717) is 20.3 Å². The highest BCUT2D eigenvalue weighted by Gasteiger charge is 2.32. The molecule has 3 nitrogen and oxygen atoms in total. The second-order valence-corrected chi connectivity index (χ2v) is 6.95. The van der Waals surface area contributed by atoms with E-state index in [1.807, 2.05) is 22.6 Å². The molecule has 0 aliphatic rings. The molecular weight excluding hydrogens is 515 g/mol. The molecule has 2 aromatic carbocycles. The van der Waals surface area contributed by atoms with Crippen molar-refractivity contribution in [3.8, 4) is 33.9 Å². The van der Waals surface area contributed by atoms with E-state index < -0.39 is 24.2 Å². The van der Waals surface area contributed by atoms with Gasteiger partial charge in [-0.05, 0) is 58.5 Å².